The number of nitrogens with zero attached hydrogens (tertiary/aromatic N) is 4. The number of furan rings is 1. The van der Waals surface area contributed by atoms with Crippen molar-refractivity contribution < 1.29 is 4.42 Å². The van der Waals surface area contributed by atoms with Gasteiger partial charge in [-0.25, -0.2) is 19.8 Å². The summed E-state index contributed by atoms with van der Waals surface area (Å²) in [5.74, 6) is 1.66. The Labute approximate surface area is 295 Å². The number of benzene rings is 7. The predicted molar refractivity (Wildman–Crippen MR) is 206 cm³/mol. The average Bonchev–Trinajstić information content (AvgIpc) is 3.60. The first-order valence-corrected chi connectivity index (χ1v) is 16.7. The molecule has 5 heteroatoms. The Hall–Kier alpha value is -7.16. The maximum absolute atomic E-state index is 7.69. The van der Waals surface area contributed by atoms with E-state index in [4.69, 9.17) is 25.9 Å². The zero-order valence-electron chi connectivity index (χ0n) is 27.4. The first-order chi connectivity index (χ1) is 25.2. The van der Waals surface area contributed by atoms with Gasteiger partial charge in [-0.3, -0.25) is 0 Å². The third-order valence-electron chi connectivity index (χ3n) is 9.17. The van der Waals surface area contributed by atoms with Gasteiger partial charge in [0.1, 0.15) is 11.2 Å². The second-order valence-corrected chi connectivity index (χ2v) is 12.3. The van der Waals surface area contributed by atoms with Crippen LogP contribution >= 0.6 is 0 Å². The predicted octanol–water partition coefficient (Wildman–Crippen LogP) is 12.3. The van der Waals surface area contributed by atoms with E-state index >= 15 is 0 Å². The molecule has 238 valence electrons. The van der Waals surface area contributed by atoms with Gasteiger partial charge < -0.3 is 4.42 Å². The molecule has 0 bridgehead atoms. The highest BCUT2D eigenvalue weighted by Crippen LogP contribution is 2.43. The summed E-state index contributed by atoms with van der Waals surface area (Å²) in [5.41, 5.74) is 10.9. The number of hydrogen-bond donors (Lipinski definition) is 0. The van der Waals surface area contributed by atoms with Crippen molar-refractivity contribution in [3.63, 3.8) is 0 Å². The molecule has 51 heavy (non-hydrogen) atoms. The second-order valence-electron chi connectivity index (χ2n) is 12.3. The van der Waals surface area contributed by atoms with E-state index in [-0.39, 0.29) is 0 Å². The monoisotopic (exact) mass is 652 g/mol. The highest BCUT2D eigenvalue weighted by Gasteiger charge is 2.19. The van der Waals surface area contributed by atoms with Gasteiger partial charge in [0.15, 0.2) is 23.2 Å². The summed E-state index contributed by atoms with van der Waals surface area (Å²) in [5, 5.41) is 2.09. The van der Waals surface area contributed by atoms with Gasteiger partial charge in [-0.1, -0.05) is 146 Å². The molecule has 0 saturated heterocycles. The maximum Gasteiger partial charge on any atom is 0.194 e. The summed E-state index contributed by atoms with van der Waals surface area (Å²) in [6.45, 7) is 7.69. The summed E-state index contributed by atoms with van der Waals surface area (Å²) in [6, 6.07) is 57.0. The number of aromatic nitrogens is 3. The summed E-state index contributed by atoms with van der Waals surface area (Å²) < 4.78 is 6.78. The normalized spacial score (nSPS) is 11.1. The van der Waals surface area contributed by atoms with Crippen molar-refractivity contribution in [2.24, 2.45) is 0 Å². The fraction of sp³-hybridized carbons (Fsp3) is 0. The molecule has 0 spiro atoms. The summed E-state index contributed by atoms with van der Waals surface area (Å²) in [6.07, 6.45) is 0. The standard InChI is InChI=1S/C46H28N4O/c1-47-40-23-12-11-22-36(40)33-20-13-21-34(28-33)45-48-44(32-18-9-4-10-19-32)49-46(50-45)35-24-25-39-41(29-35)51-43-38(31-16-7-3-8-17-31)27-26-37(42(39)43)30-14-5-2-6-15-30/h2-29H. The Balaban J connectivity index is 1.23. The van der Waals surface area contributed by atoms with E-state index in [2.05, 4.69) is 77.6 Å². The van der Waals surface area contributed by atoms with Gasteiger partial charge in [0, 0.05) is 33.0 Å². The Morgan fingerprint density at radius 1 is 0.412 bits per heavy atom. The van der Waals surface area contributed by atoms with E-state index in [0.29, 0.717) is 23.2 Å². The lowest BCUT2D eigenvalue weighted by Gasteiger charge is -2.10. The molecule has 0 aliphatic heterocycles. The highest BCUT2D eigenvalue weighted by atomic mass is 16.3. The first kappa shape index (κ1) is 29.9. The largest absolute Gasteiger partial charge is 0.455 e. The van der Waals surface area contributed by atoms with Crippen LogP contribution < -0.4 is 0 Å². The van der Waals surface area contributed by atoms with Crippen LogP contribution in [0.2, 0.25) is 0 Å². The molecule has 0 fully saturated rings. The Morgan fingerprint density at radius 2 is 0.941 bits per heavy atom. The molecule has 2 heterocycles. The van der Waals surface area contributed by atoms with E-state index in [9.17, 15) is 0 Å². The fourth-order valence-electron chi connectivity index (χ4n) is 6.71. The minimum atomic E-state index is 0.541. The fourth-order valence-corrected chi connectivity index (χ4v) is 6.71. The Kier molecular flexibility index (Phi) is 7.46. The minimum absolute atomic E-state index is 0.541. The van der Waals surface area contributed by atoms with Crippen LogP contribution in [0.4, 0.5) is 5.69 Å². The zero-order valence-corrected chi connectivity index (χ0v) is 27.4. The molecule has 0 radical (unpaired) electrons. The zero-order chi connectivity index (χ0) is 34.1. The highest BCUT2D eigenvalue weighted by molar-refractivity contribution is 6.16. The number of para-hydroxylation sites is 1. The molecule has 9 rings (SSSR count). The van der Waals surface area contributed by atoms with Crippen molar-refractivity contribution in [3.05, 3.63) is 181 Å². The van der Waals surface area contributed by atoms with Gasteiger partial charge in [-0.15, -0.1) is 0 Å². The van der Waals surface area contributed by atoms with E-state index in [1.165, 1.54) is 0 Å². The quantitative estimate of drug-likeness (QED) is 0.168. The van der Waals surface area contributed by atoms with Gasteiger partial charge >= 0.3 is 0 Å². The van der Waals surface area contributed by atoms with Gasteiger partial charge in [0.25, 0.3) is 0 Å². The van der Waals surface area contributed by atoms with Gasteiger partial charge in [0.2, 0.25) is 0 Å². The molecule has 7 aromatic carbocycles. The van der Waals surface area contributed by atoms with Crippen LogP contribution in [0.1, 0.15) is 0 Å². The van der Waals surface area contributed by atoms with Crippen LogP contribution in [0.15, 0.2) is 174 Å². The van der Waals surface area contributed by atoms with E-state index < -0.39 is 0 Å². The smallest absolute Gasteiger partial charge is 0.194 e. The number of hydrogen-bond acceptors (Lipinski definition) is 4. The molecule has 5 nitrogen and oxygen atoms in total. The minimum Gasteiger partial charge on any atom is -0.455 e. The SMILES string of the molecule is [C-]#[N+]c1ccccc1-c1cccc(-c2nc(-c3ccccc3)nc(-c3ccc4c(c3)oc3c(-c5ccccc5)ccc(-c5ccccc5)c34)n2)c1. The van der Waals surface area contributed by atoms with Crippen LogP contribution in [0.3, 0.4) is 0 Å². The van der Waals surface area contributed by atoms with Gasteiger partial charge in [-0.05, 0) is 52.1 Å². The molecule has 0 N–H and O–H groups in total. The van der Waals surface area contributed by atoms with E-state index in [0.717, 1.165) is 72.0 Å². The summed E-state index contributed by atoms with van der Waals surface area (Å²) in [7, 11) is 0. The topological polar surface area (TPSA) is 56.2 Å². The number of rotatable bonds is 6. The molecule has 2 aromatic heterocycles. The molecule has 0 unspecified atom stereocenters. The van der Waals surface area contributed by atoms with Crippen LogP contribution in [-0.2, 0) is 0 Å². The van der Waals surface area contributed by atoms with Crippen molar-refractivity contribution in [2.75, 3.05) is 0 Å². The molecule has 9 aromatic rings. The maximum atomic E-state index is 7.69. The Morgan fingerprint density at radius 3 is 1.63 bits per heavy atom. The molecule has 0 aliphatic rings. The van der Waals surface area contributed by atoms with Crippen molar-refractivity contribution in [3.8, 4) is 67.5 Å². The van der Waals surface area contributed by atoms with Crippen molar-refractivity contribution in [1.29, 1.82) is 0 Å². The lowest BCUT2D eigenvalue weighted by Crippen LogP contribution is -2.00. The molecular formula is C46H28N4O. The van der Waals surface area contributed by atoms with Crippen LogP contribution in [-0.4, -0.2) is 15.0 Å². The molecular weight excluding hydrogens is 625 g/mol. The van der Waals surface area contributed by atoms with E-state index in [1.54, 1.807) is 0 Å². The first-order valence-electron chi connectivity index (χ1n) is 16.7. The van der Waals surface area contributed by atoms with Crippen LogP contribution in [0.25, 0.3) is 94.3 Å². The summed E-state index contributed by atoms with van der Waals surface area (Å²) >= 11 is 0. The third kappa shape index (κ3) is 5.51. The van der Waals surface area contributed by atoms with Crippen LogP contribution in [0.5, 0.6) is 0 Å². The molecule has 0 saturated carbocycles. The molecule has 0 aliphatic carbocycles. The van der Waals surface area contributed by atoms with Gasteiger partial charge in [-0.2, -0.15) is 0 Å². The van der Waals surface area contributed by atoms with Crippen LogP contribution in [0, 0.1) is 6.57 Å². The van der Waals surface area contributed by atoms with Crippen molar-refractivity contribution in [2.45, 2.75) is 0 Å². The lowest BCUT2D eigenvalue weighted by molar-refractivity contribution is 0.670. The third-order valence-corrected chi connectivity index (χ3v) is 9.17. The second kappa shape index (κ2) is 12.7. The average molecular weight is 653 g/mol. The number of fused-ring (bicyclic) bond motifs is 3. The van der Waals surface area contributed by atoms with E-state index in [1.807, 2.05) is 97.1 Å². The van der Waals surface area contributed by atoms with Crippen molar-refractivity contribution in [1.82, 2.24) is 15.0 Å². The Bertz CT molecular complexity index is 2750. The van der Waals surface area contributed by atoms with Gasteiger partial charge in [0.05, 0.1) is 6.57 Å². The lowest BCUT2D eigenvalue weighted by atomic mass is 9.94. The molecule has 0 amide bonds. The van der Waals surface area contributed by atoms with Crippen molar-refractivity contribution >= 4 is 27.6 Å². The summed E-state index contributed by atoms with van der Waals surface area (Å²) in [4.78, 5) is 18.7. The molecule has 0 atom stereocenters.